The smallest absolute Gasteiger partial charge is 0.130 e. The molecule has 4 heteroatoms. The zero-order valence-electron chi connectivity index (χ0n) is 10.2. The van der Waals surface area contributed by atoms with Crippen LogP contribution in [0.1, 0.15) is 16.7 Å². The lowest BCUT2D eigenvalue weighted by Crippen LogP contribution is -1.87. The Balaban J connectivity index is 2.11. The largest absolute Gasteiger partial charge is 0.244 e. The third-order valence-corrected chi connectivity index (χ3v) is 4.39. The molecule has 0 unspecified atom stereocenters. The summed E-state index contributed by atoms with van der Waals surface area (Å²) in [6, 6.07) is 8.13. The molecule has 0 fully saturated rings. The number of rotatable bonds is 3. The van der Waals surface area contributed by atoms with Crippen LogP contribution in [-0.4, -0.2) is 4.98 Å². The van der Waals surface area contributed by atoms with Crippen molar-refractivity contribution >= 4 is 35.0 Å². The summed E-state index contributed by atoms with van der Waals surface area (Å²) in [5, 5.41) is 1.10. The second-order valence-corrected chi connectivity index (χ2v) is 5.97. The Kier molecular flexibility index (Phi) is 4.55. The van der Waals surface area contributed by atoms with E-state index in [-0.39, 0.29) is 0 Å². The van der Waals surface area contributed by atoms with Crippen molar-refractivity contribution < 1.29 is 0 Å². The van der Waals surface area contributed by atoms with Gasteiger partial charge in [0.2, 0.25) is 0 Å². The molecule has 0 radical (unpaired) electrons. The highest BCUT2D eigenvalue weighted by Gasteiger charge is 2.05. The van der Waals surface area contributed by atoms with Crippen molar-refractivity contribution in [2.24, 2.45) is 0 Å². The number of hydrogen-bond donors (Lipinski definition) is 0. The maximum atomic E-state index is 6.12. The van der Waals surface area contributed by atoms with Gasteiger partial charge in [-0.05, 0) is 37.1 Å². The third kappa shape index (κ3) is 3.41. The van der Waals surface area contributed by atoms with Gasteiger partial charge in [0, 0.05) is 21.9 Å². The monoisotopic (exact) mass is 297 g/mol. The first-order chi connectivity index (χ1) is 8.56. The average molecular weight is 298 g/mol. The molecule has 1 aromatic carbocycles. The lowest BCUT2D eigenvalue weighted by atomic mass is 10.2. The molecule has 94 valence electrons. The molecular weight excluding hydrogens is 285 g/mol. The number of halogens is 2. The Hall–Kier alpha value is -0.700. The van der Waals surface area contributed by atoms with Crippen molar-refractivity contribution in [3.05, 3.63) is 57.3 Å². The zero-order chi connectivity index (χ0) is 13.1. The summed E-state index contributed by atoms with van der Waals surface area (Å²) in [4.78, 5) is 5.33. The molecule has 0 aliphatic rings. The summed E-state index contributed by atoms with van der Waals surface area (Å²) in [5.41, 5.74) is 3.58. The van der Waals surface area contributed by atoms with E-state index in [1.807, 2.05) is 0 Å². The molecule has 1 nitrogen and oxygen atoms in total. The van der Waals surface area contributed by atoms with E-state index in [0.717, 1.165) is 11.3 Å². The van der Waals surface area contributed by atoms with Gasteiger partial charge in [-0.15, -0.1) is 11.8 Å². The van der Waals surface area contributed by atoms with Crippen LogP contribution in [0.4, 0.5) is 0 Å². The Morgan fingerprint density at radius 2 is 1.94 bits per heavy atom. The normalized spacial score (nSPS) is 10.7. The highest BCUT2D eigenvalue weighted by Crippen LogP contribution is 2.29. The van der Waals surface area contributed by atoms with Crippen LogP contribution in [0.15, 0.2) is 35.4 Å². The van der Waals surface area contributed by atoms with E-state index in [2.05, 4.69) is 37.0 Å². The van der Waals surface area contributed by atoms with Crippen LogP contribution in [0.5, 0.6) is 0 Å². The molecule has 0 bridgehead atoms. The molecule has 0 N–H and O–H groups in total. The Bertz CT molecular complexity index is 518. The predicted molar refractivity (Wildman–Crippen MR) is 79.7 cm³/mol. The fraction of sp³-hybridized carbons (Fsp3) is 0.214. The van der Waals surface area contributed by atoms with Crippen LogP contribution in [0.3, 0.4) is 0 Å². The van der Waals surface area contributed by atoms with Gasteiger partial charge in [0.25, 0.3) is 0 Å². The SMILES string of the molecule is Cc1ccc(SCc2cnc(Cl)cc2Cl)c(C)c1. The Morgan fingerprint density at radius 1 is 1.17 bits per heavy atom. The fourth-order valence-corrected chi connectivity index (χ4v) is 3.16. The van der Waals surface area contributed by atoms with E-state index >= 15 is 0 Å². The lowest BCUT2D eigenvalue weighted by molar-refractivity contribution is 1.23. The second kappa shape index (κ2) is 5.96. The van der Waals surface area contributed by atoms with Gasteiger partial charge in [0.05, 0.1) is 0 Å². The van der Waals surface area contributed by atoms with Crippen LogP contribution in [-0.2, 0) is 5.75 Å². The van der Waals surface area contributed by atoms with Crippen molar-refractivity contribution in [3.8, 4) is 0 Å². The highest BCUT2D eigenvalue weighted by molar-refractivity contribution is 7.98. The first kappa shape index (κ1) is 13.7. The minimum absolute atomic E-state index is 0.431. The molecule has 0 atom stereocenters. The minimum Gasteiger partial charge on any atom is -0.244 e. The van der Waals surface area contributed by atoms with Crippen molar-refractivity contribution in [2.45, 2.75) is 24.5 Å². The maximum Gasteiger partial charge on any atom is 0.130 e. The van der Waals surface area contributed by atoms with E-state index in [4.69, 9.17) is 23.2 Å². The molecule has 2 aromatic rings. The summed E-state index contributed by atoms with van der Waals surface area (Å²) in [6.45, 7) is 4.22. The molecule has 0 saturated heterocycles. The molecule has 0 spiro atoms. The van der Waals surface area contributed by atoms with Crippen molar-refractivity contribution in [2.75, 3.05) is 0 Å². The molecule has 0 amide bonds. The van der Waals surface area contributed by atoms with E-state index in [0.29, 0.717) is 10.2 Å². The topological polar surface area (TPSA) is 12.9 Å². The van der Waals surface area contributed by atoms with Crippen molar-refractivity contribution in [3.63, 3.8) is 0 Å². The molecular formula is C14H13Cl2NS. The molecule has 1 aromatic heterocycles. The summed E-state index contributed by atoms with van der Waals surface area (Å²) >= 11 is 13.7. The number of aromatic nitrogens is 1. The van der Waals surface area contributed by atoms with Gasteiger partial charge in [-0.25, -0.2) is 4.98 Å². The van der Waals surface area contributed by atoms with Crippen molar-refractivity contribution in [1.82, 2.24) is 4.98 Å². The van der Waals surface area contributed by atoms with Gasteiger partial charge in [-0.1, -0.05) is 40.9 Å². The van der Waals surface area contributed by atoms with E-state index in [1.54, 1.807) is 24.0 Å². The van der Waals surface area contributed by atoms with Crippen LogP contribution in [0, 0.1) is 13.8 Å². The second-order valence-electron chi connectivity index (χ2n) is 4.16. The highest BCUT2D eigenvalue weighted by atomic mass is 35.5. The summed E-state index contributed by atoms with van der Waals surface area (Å²) < 4.78 is 0. The standard InChI is InChI=1S/C14H13Cl2NS/c1-9-3-4-13(10(2)5-9)18-8-11-7-17-14(16)6-12(11)15/h3-7H,8H2,1-2H3. The van der Waals surface area contributed by atoms with Gasteiger partial charge in [-0.3, -0.25) is 0 Å². The number of benzene rings is 1. The quantitative estimate of drug-likeness (QED) is 0.563. The number of aryl methyl sites for hydroxylation is 2. The predicted octanol–water partition coefficient (Wildman–Crippen LogP) is 5.30. The summed E-state index contributed by atoms with van der Waals surface area (Å²) in [7, 11) is 0. The molecule has 0 aliphatic carbocycles. The molecule has 0 aliphatic heterocycles. The minimum atomic E-state index is 0.431. The van der Waals surface area contributed by atoms with Gasteiger partial charge in [-0.2, -0.15) is 0 Å². The number of nitrogens with zero attached hydrogens (tertiary/aromatic N) is 1. The van der Waals surface area contributed by atoms with Crippen LogP contribution < -0.4 is 0 Å². The average Bonchev–Trinajstić information content (AvgIpc) is 2.30. The Labute approximate surface area is 122 Å². The zero-order valence-corrected chi connectivity index (χ0v) is 12.5. The first-order valence-corrected chi connectivity index (χ1v) is 7.30. The fourth-order valence-electron chi connectivity index (χ4n) is 1.66. The van der Waals surface area contributed by atoms with E-state index < -0.39 is 0 Å². The molecule has 2 rings (SSSR count). The van der Waals surface area contributed by atoms with E-state index in [1.165, 1.54) is 16.0 Å². The third-order valence-electron chi connectivity index (χ3n) is 2.61. The van der Waals surface area contributed by atoms with Gasteiger partial charge in [0.15, 0.2) is 0 Å². The van der Waals surface area contributed by atoms with Gasteiger partial charge >= 0.3 is 0 Å². The Morgan fingerprint density at radius 3 is 2.61 bits per heavy atom. The molecule has 0 saturated carbocycles. The van der Waals surface area contributed by atoms with Crippen LogP contribution in [0.25, 0.3) is 0 Å². The first-order valence-electron chi connectivity index (χ1n) is 5.56. The molecule has 18 heavy (non-hydrogen) atoms. The number of hydrogen-bond acceptors (Lipinski definition) is 2. The number of thioether (sulfide) groups is 1. The van der Waals surface area contributed by atoms with Gasteiger partial charge < -0.3 is 0 Å². The van der Waals surface area contributed by atoms with Crippen molar-refractivity contribution in [1.29, 1.82) is 0 Å². The lowest BCUT2D eigenvalue weighted by Gasteiger charge is -2.07. The van der Waals surface area contributed by atoms with E-state index in [9.17, 15) is 0 Å². The van der Waals surface area contributed by atoms with Crippen LogP contribution >= 0.6 is 35.0 Å². The van der Waals surface area contributed by atoms with Gasteiger partial charge in [0.1, 0.15) is 5.15 Å². The maximum absolute atomic E-state index is 6.12. The number of pyridine rings is 1. The van der Waals surface area contributed by atoms with Crippen LogP contribution in [0.2, 0.25) is 10.2 Å². The molecule has 1 heterocycles. The summed E-state index contributed by atoms with van der Waals surface area (Å²) in [6.07, 6.45) is 1.74. The summed E-state index contributed by atoms with van der Waals surface area (Å²) in [5.74, 6) is 0.799.